The lowest BCUT2D eigenvalue weighted by atomic mass is 10.2. The summed E-state index contributed by atoms with van der Waals surface area (Å²) >= 11 is 0. The van der Waals surface area contributed by atoms with Crippen molar-refractivity contribution < 1.29 is 18.8 Å². The van der Waals surface area contributed by atoms with Crippen LogP contribution in [0.25, 0.3) is 0 Å². The van der Waals surface area contributed by atoms with E-state index in [1.807, 2.05) is 6.07 Å². The fourth-order valence-electron chi connectivity index (χ4n) is 3.31. The largest absolute Gasteiger partial charge is 0.467 e. The van der Waals surface area contributed by atoms with Gasteiger partial charge in [-0.15, -0.1) is 0 Å². The van der Waals surface area contributed by atoms with Crippen molar-refractivity contribution in [3.05, 3.63) is 114 Å². The SMILES string of the molecule is O=C(CNc1cccc(NC(=O)c2ccccc2)c1)Nc1cccc(C(=O)NCc2ccco2)c1. The van der Waals surface area contributed by atoms with Crippen LogP contribution in [0.3, 0.4) is 0 Å². The van der Waals surface area contributed by atoms with Gasteiger partial charge in [0.05, 0.1) is 19.4 Å². The average molecular weight is 469 g/mol. The van der Waals surface area contributed by atoms with E-state index in [0.717, 1.165) is 0 Å². The maximum Gasteiger partial charge on any atom is 0.255 e. The minimum Gasteiger partial charge on any atom is -0.467 e. The van der Waals surface area contributed by atoms with E-state index in [9.17, 15) is 14.4 Å². The number of carbonyl (C=O) groups is 3. The molecule has 0 unspecified atom stereocenters. The minimum absolute atomic E-state index is 0.00496. The van der Waals surface area contributed by atoms with Gasteiger partial charge < -0.3 is 25.7 Å². The van der Waals surface area contributed by atoms with Gasteiger partial charge in [-0.25, -0.2) is 0 Å². The molecule has 0 aliphatic heterocycles. The van der Waals surface area contributed by atoms with Crippen molar-refractivity contribution in [3.63, 3.8) is 0 Å². The van der Waals surface area contributed by atoms with Crippen LogP contribution in [-0.2, 0) is 11.3 Å². The van der Waals surface area contributed by atoms with Gasteiger partial charge >= 0.3 is 0 Å². The van der Waals surface area contributed by atoms with Crippen molar-refractivity contribution in [1.29, 1.82) is 0 Å². The molecular weight excluding hydrogens is 444 g/mol. The summed E-state index contributed by atoms with van der Waals surface area (Å²) in [5.41, 5.74) is 2.77. The van der Waals surface area contributed by atoms with E-state index in [4.69, 9.17) is 4.42 Å². The molecular formula is C27H24N4O4. The zero-order valence-electron chi connectivity index (χ0n) is 18.8. The Labute approximate surface area is 202 Å². The van der Waals surface area contributed by atoms with Gasteiger partial charge in [-0.05, 0) is 60.7 Å². The topological polar surface area (TPSA) is 112 Å². The molecule has 0 aliphatic rings. The molecule has 0 atom stereocenters. The van der Waals surface area contributed by atoms with Crippen molar-refractivity contribution in [3.8, 4) is 0 Å². The van der Waals surface area contributed by atoms with Crippen LogP contribution in [-0.4, -0.2) is 24.3 Å². The normalized spacial score (nSPS) is 10.3. The first kappa shape index (κ1) is 23.3. The van der Waals surface area contributed by atoms with Crippen LogP contribution in [0.2, 0.25) is 0 Å². The van der Waals surface area contributed by atoms with Crippen LogP contribution >= 0.6 is 0 Å². The number of furan rings is 1. The van der Waals surface area contributed by atoms with Gasteiger partial charge in [0.2, 0.25) is 5.91 Å². The average Bonchev–Trinajstić information content (AvgIpc) is 3.41. The van der Waals surface area contributed by atoms with Crippen molar-refractivity contribution in [2.24, 2.45) is 0 Å². The first-order chi connectivity index (χ1) is 17.1. The Morgan fingerprint density at radius 3 is 2.14 bits per heavy atom. The summed E-state index contributed by atoms with van der Waals surface area (Å²) in [6.07, 6.45) is 1.54. The third-order valence-electron chi connectivity index (χ3n) is 5.02. The Bertz CT molecular complexity index is 1300. The molecule has 176 valence electrons. The van der Waals surface area contributed by atoms with Crippen LogP contribution in [0.4, 0.5) is 17.1 Å². The standard InChI is InChI=1S/C27H24N4O4/c32-25(30-22-11-4-9-20(15-22)26(33)29-17-24-13-6-14-35-24)18-28-21-10-5-12-23(16-21)31-27(34)19-7-2-1-3-8-19/h1-16,28H,17-18H2,(H,29,33)(H,30,32)(H,31,34). The van der Waals surface area contributed by atoms with E-state index in [2.05, 4.69) is 21.3 Å². The third kappa shape index (κ3) is 6.82. The number of hydrogen-bond acceptors (Lipinski definition) is 5. The second-order valence-electron chi connectivity index (χ2n) is 7.65. The smallest absolute Gasteiger partial charge is 0.255 e. The molecule has 1 aromatic heterocycles. The molecule has 4 rings (SSSR count). The first-order valence-electron chi connectivity index (χ1n) is 11.0. The van der Waals surface area contributed by atoms with Crippen LogP contribution < -0.4 is 21.3 Å². The molecule has 1 heterocycles. The second-order valence-corrected chi connectivity index (χ2v) is 7.65. The molecule has 0 fully saturated rings. The number of carbonyl (C=O) groups excluding carboxylic acids is 3. The molecule has 0 radical (unpaired) electrons. The highest BCUT2D eigenvalue weighted by molar-refractivity contribution is 6.04. The van der Waals surface area contributed by atoms with Gasteiger partial charge in [-0.2, -0.15) is 0 Å². The molecule has 8 nitrogen and oxygen atoms in total. The highest BCUT2D eigenvalue weighted by Crippen LogP contribution is 2.16. The number of benzene rings is 3. The number of rotatable bonds is 9. The van der Waals surface area contributed by atoms with E-state index in [0.29, 0.717) is 33.9 Å². The fourth-order valence-corrected chi connectivity index (χ4v) is 3.31. The Morgan fingerprint density at radius 1 is 0.657 bits per heavy atom. The van der Waals surface area contributed by atoms with E-state index in [1.165, 1.54) is 0 Å². The summed E-state index contributed by atoms with van der Waals surface area (Å²) in [5, 5.41) is 11.4. The number of amides is 3. The predicted octanol–water partition coefficient (Wildman–Crippen LogP) is 4.51. The monoisotopic (exact) mass is 468 g/mol. The molecule has 3 aromatic carbocycles. The van der Waals surface area contributed by atoms with E-state index in [1.54, 1.807) is 91.2 Å². The maximum atomic E-state index is 12.4. The van der Waals surface area contributed by atoms with Crippen LogP contribution in [0.5, 0.6) is 0 Å². The molecule has 0 saturated carbocycles. The Balaban J connectivity index is 1.28. The lowest BCUT2D eigenvalue weighted by Gasteiger charge is -2.11. The Hall–Kier alpha value is -4.85. The molecule has 3 amide bonds. The third-order valence-corrected chi connectivity index (χ3v) is 5.02. The number of anilines is 3. The van der Waals surface area contributed by atoms with Crippen LogP contribution in [0.1, 0.15) is 26.5 Å². The first-order valence-corrected chi connectivity index (χ1v) is 11.0. The van der Waals surface area contributed by atoms with Crippen molar-refractivity contribution >= 4 is 34.8 Å². The quantitative estimate of drug-likeness (QED) is 0.289. The van der Waals surface area contributed by atoms with Gasteiger partial charge in [0.1, 0.15) is 5.76 Å². The number of hydrogen-bond donors (Lipinski definition) is 4. The summed E-state index contributed by atoms with van der Waals surface area (Å²) in [6.45, 7) is 0.280. The van der Waals surface area contributed by atoms with E-state index >= 15 is 0 Å². The van der Waals surface area contributed by atoms with E-state index in [-0.39, 0.29) is 30.8 Å². The lowest BCUT2D eigenvalue weighted by molar-refractivity contribution is -0.114. The Kier molecular flexibility index (Phi) is 7.55. The van der Waals surface area contributed by atoms with Crippen LogP contribution in [0.15, 0.2) is 102 Å². The molecule has 0 bridgehead atoms. The predicted molar refractivity (Wildman–Crippen MR) is 134 cm³/mol. The van der Waals surface area contributed by atoms with Gasteiger partial charge in [0.15, 0.2) is 0 Å². The Morgan fingerprint density at radius 2 is 1.37 bits per heavy atom. The summed E-state index contributed by atoms with van der Waals surface area (Å²) in [6, 6.07) is 26.2. The molecule has 0 spiro atoms. The zero-order valence-corrected chi connectivity index (χ0v) is 18.8. The van der Waals surface area contributed by atoms with Gasteiger partial charge in [-0.3, -0.25) is 14.4 Å². The van der Waals surface area contributed by atoms with Gasteiger partial charge in [0.25, 0.3) is 11.8 Å². The summed E-state index contributed by atoms with van der Waals surface area (Å²) in [7, 11) is 0. The number of nitrogens with one attached hydrogen (secondary N) is 4. The molecule has 8 heteroatoms. The van der Waals surface area contributed by atoms with E-state index < -0.39 is 0 Å². The molecule has 4 aromatic rings. The maximum absolute atomic E-state index is 12.4. The van der Waals surface area contributed by atoms with Crippen molar-refractivity contribution in [2.45, 2.75) is 6.54 Å². The highest BCUT2D eigenvalue weighted by Gasteiger charge is 2.10. The fraction of sp³-hybridized carbons (Fsp3) is 0.0741. The van der Waals surface area contributed by atoms with Crippen LogP contribution in [0, 0.1) is 0 Å². The zero-order chi connectivity index (χ0) is 24.5. The second kappa shape index (κ2) is 11.3. The molecule has 4 N–H and O–H groups in total. The van der Waals surface area contributed by atoms with Gasteiger partial charge in [0, 0.05) is 28.2 Å². The summed E-state index contributed by atoms with van der Waals surface area (Å²) in [4.78, 5) is 37.2. The van der Waals surface area contributed by atoms with Gasteiger partial charge in [-0.1, -0.05) is 30.3 Å². The molecule has 35 heavy (non-hydrogen) atoms. The van der Waals surface area contributed by atoms with Crippen molar-refractivity contribution in [2.75, 3.05) is 22.5 Å². The lowest BCUT2D eigenvalue weighted by Crippen LogP contribution is -2.24. The summed E-state index contributed by atoms with van der Waals surface area (Å²) < 4.78 is 5.21. The molecule has 0 saturated heterocycles. The summed E-state index contributed by atoms with van der Waals surface area (Å²) in [5.74, 6) is -0.118. The molecule has 0 aliphatic carbocycles. The van der Waals surface area contributed by atoms with Crippen molar-refractivity contribution in [1.82, 2.24) is 5.32 Å². The minimum atomic E-state index is -0.281. The highest BCUT2D eigenvalue weighted by atomic mass is 16.3.